The second kappa shape index (κ2) is 4.91. The Balaban J connectivity index is 2.69. The molecule has 0 bridgehead atoms. The van der Waals surface area contributed by atoms with Gasteiger partial charge in [-0.3, -0.25) is 4.79 Å². The van der Waals surface area contributed by atoms with Crippen LogP contribution in [0.25, 0.3) is 5.69 Å². The van der Waals surface area contributed by atoms with E-state index in [0.29, 0.717) is 12.0 Å². The first-order valence-corrected chi connectivity index (χ1v) is 5.99. The summed E-state index contributed by atoms with van der Waals surface area (Å²) in [7, 11) is 0. The van der Waals surface area contributed by atoms with Crippen LogP contribution in [-0.4, -0.2) is 16.1 Å². The summed E-state index contributed by atoms with van der Waals surface area (Å²) >= 11 is 0. The Hall–Kier alpha value is -2.04. The highest BCUT2D eigenvalue weighted by atomic mass is 19.1. The summed E-state index contributed by atoms with van der Waals surface area (Å²) in [5, 5.41) is 4.18. The molecule has 0 spiro atoms. The van der Waals surface area contributed by atoms with Crippen molar-refractivity contribution in [3.8, 4) is 5.69 Å². The van der Waals surface area contributed by atoms with Gasteiger partial charge in [0.15, 0.2) is 11.6 Å². The molecule has 0 saturated carbocycles. The van der Waals surface area contributed by atoms with Crippen molar-refractivity contribution in [1.82, 2.24) is 9.78 Å². The Bertz CT molecular complexity index is 624. The van der Waals surface area contributed by atoms with E-state index in [1.54, 1.807) is 13.8 Å². The maximum atomic E-state index is 13.9. The van der Waals surface area contributed by atoms with E-state index in [-0.39, 0.29) is 11.3 Å². The molecule has 0 aliphatic carbocycles. The minimum atomic E-state index is -0.796. The van der Waals surface area contributed by atoms with E-state index < -0.39 is 11.6 Å². The molecular weight excluding hydrogens is 250 g/mol. The third-order valence-electron chi connectivity index (χ3n) is 3.18. The van der Waals surface area contributed by atoms with Crippen molar-refractivity contribution in [3.05, 3.63) is 46.3 Å². The lowest BCUT2D eigenvalue weighted by molar-refractivity contribution is 0.112. The molecule has 0 amide bonds. The smallest absolute Gasteiger partial charge is 0.152 e. The van der Waals surface area contributed by atoms with Crippen LogP contribution in [-0.2, 0) is 6.42 Å². The molecule has 19 heavy (non-hydrogen) atoms. The quantitative estimate of drug-likeness (QED) is 0.798. The summed E-state index contributed by atoms with van der Waals surface area (Å²) in [5.74, 6) is -1.59. The third-order valence-corrected chi connectivity index (χ3v) is 3.18. The van der Waals surface area contributed by atoms with Crippen LogP contribution < -0.4 is 0 Å². The van der Waals surface area contributed by atoms with Crippen molar-refractivity contribution in [3.63, 3.8) is 0 Å². The summed E-state index contributed by atoms with van der Waals surface area (Å²) in [5.41, 5.74) is 2.15. The maximum Gasteiger partial charge on any atom is 0.152 e. The molecule has 0 aliphatic heterocycles. The van der Waals surface area contributed by atoms with E-state index in [1.807, 2.05) is 6.92 Å². The third kappa shape index (κ3) is 2.16. The molecule has 1 heterocycles. The van der Waals surface area contributed by atoms with Gasteiger partial charge >= 0.3 is 0 Å². The first kappa shape index (κ1) is 13.4. The number of aromatic nitrogens is 2. The molecule has 2 aromatic rings. The molecule has 100 valence electrons. The monoisotopic (exact) mass is 264 g/mol. The molecule has 3 nitrogen and oxygen atoms in total. The lowest BCUT2D eigenvalue weighted by atomic mass is 10.1. The van der Waals surface area contributed by atoms with Crippen LogP contribution in [0.3, 0.4) is 0 Å². The summed E-state index contributed by atoms with van der Waals surface area (Å²) in [6.07, 6.45) is 1.15. The van der Waals surface area contributed by atoms with Crippen molar-refractivity contribution in [2.45, 2.75) is 27.2 Å². The molecule has 0 atom stereocenters. The van der Waals surface area contributed by atoms with Gasteiger partial charge in [0.2, 0.25) is 0 Å². The highest BCUT2D eigenvalue weighted by Gasteiger charge is 2.18. The van der Waals surface area contributed by atoms with E-state index in [9.17, 15) is 13.6 Å². The SMILES string of the molecule is CCc1c(C)nn(-c2c(F)cc(C=O)cc2F)c1C. The van der Waals surface area contributed by atoms with Crippen LogP contribution in [0.1, 0.15) is 34.2 Å². The maximum absolute atomic E-state index is 13.9. The van der Waals surface area contributed by atoms with Gasteiger partial charge in [0.05, 0.1) is 5.69 Å². The largest absolute Gasteiger partial charge is 0.298 e. The molecule has 0 fully saturated rings. The Morgan fingerprint density at radius 1 is 1.26 bits per heavy atom. The molecular formula is C14H14F2N2O. The van der Waals surface area contributed by atoms with E-state index >= 15 is 0 Å². The highest BCUT2D eigenvalue weighted by molar-refractivity contribution is 5.75. The van der Waals surface area contributed by atoms with Gasteiger partial charge in [-0.2, -0.15) is 5.10 Å². The molecule has 0 N–H and O–H groups in total. The predicted octanol–water partition coefficient (Wildman–Crippen LogP) is 3.14. The normalized spacial score (nSPS) is 10.8. The number of hydrogen-bond acceptors (Lipinski definition) is 2. The van der Waals surface area contributed by atoms with Gasteiger partial charge < -0.3 is 0 Å². The number of aryl methyl sites for hydroxylation is 1. The van der Waals surface area contributed by atoms with E-state index in [1.165, 1.54) is 4.68 Å². The van der Waals surface area contributed by atoms with Gasteiger partial charge in [0.25, 0.3) is 0 Å². The number of carbonyl (C=O) groups is 1. The molecule has 0 radical (unpaired) electrons. The van der Waals surface area contributed by atoms with Crippen molar-refractivity contribution in [2.24, 2.45) is 0 Å². The Morgan fingerprint density at radius 2 is 1.84 bits per heavy atom. The van der Waals surface area contributed by atoms with Gasteiger partial charge in [-0.05, 0) is 38.0 Å². The van der Waals surface area contributed by atoms with Crippen molar-refractivity contribution in [2.75, 3.05) is 0 Å². The molecule has 0 saturated heterocycles. The average Bonchev–Trinajstić information content (AvgIpc) is 2.63. The van der Waals surface area contributed by atoms with E-state index in [4.69, 9.17) is 0 Å². The highest BCUT2D eigenvalue weighted by Crippen LogP contribution is 2.23. The van der Waals surface area contributed by atoms with Gasteiger partial charge in [-0.25, -0.2) is 13.5 Å². The van der Waals surface area contributed by atoms with Crippen LogP contribution in [0.2, 0.25) is 0 Å². The minimum absolute atomic E-state index is 0.0315. The molecule has 0 aliphatic rings. The van der Waals surface area contributed by atoms with Crippen LogP contribution in [0, 0.1) is 25.5 Å². The number of halogens is 2. The Labute approximate surface area is 109 Å². The zero-order valence-corrected chi connectivity index (χ0v) is 11.0. The number of nitrogens with zero attached hydrogens (tertiary/aromatic N) is 2. The van der Waals surface area contributed by atoms with Crippen LogP contribution >= 0.6 is 0 Å². The van der Waals surface area contributed by atoms with Crippen LogP contribution in [0.15, 0.2) is 12.1 Å². The molecule has 2 rings (SSSR count). The second-order valence-corrected chi connectivity index (χ2v) is 4.37. The number of hydrogen-bond donors (Lipinski definition) is 0. The van der Waals surface area contributed by atoms with Crippen LogP contribution in [0.4, 0.5) is 8.78 Å². The molecule has 0 unspecified atom stereocenters. The second-order valence-electron chi connectivity index (χ2n) is 4.37. The van der Waals surface area contributed by atoms with Gasteiger partial charge in [0.1, 0.15) is 12.0 Å². The van der Waals surface area contributed by atoms with Crippen LogP contribution in [0.5, 0.6) is 0 Å². The first-order chi connectivity index (χ1) is 8.99. The topological polar surface area (TPSA) is 34.9 Å². The van der Waals surface area contributed by atoms with E-state index in [2.05, 4.69) is 5.10 Å². The zero-order valence-electron chi connectivity index (χ0n) is 11.0. The summed E-state index contributed by atoms with van der Waals surface area (Å²) in [6, 6.07) is 2.01. The zero-order chi connectivity index (χ0) is 14.2. The number of carbonyl (C=O) groups excluding carboxylic acids is 1. The molecule has 1 aromatic heterocycles. The fourth-order valence-electron chi connectivity index (χ4n) is 2.26. The first-order valence-electron chi connectivity index (χ1n) is 5.99. The summed E-state index contributed by atoms with van der Waals surface area (Å²) in [4.78, 5) is 10.6. The Morgan fingerprint density at radius 3 is 2.26 bits per heavy atom. The van der Waals surface area contributed by atoms with Gasteiger partial charge in [-0.1, -0.05) is 6.92 Å². The van der Waals surface area contributed by atoms with Gasteiger partial charge in [-0.15, -0.1) is 0 Å². The fourth-order valence-corrected chi connectivity index (χ4v) is 2.26. The molecule has 5 heteroatoms. The van der Waals surface area contributed by atoms with Crippen molar-refractivity contribution in [1.29, 1.82) is 0 Å². The Kier molecular flexibility index (Phi) is 3.46. The fraction of sp³-hybridized carbons (Fsp3) is 0.286. The van der Waals surface area contributed by atoms with Crippen molar-refractivity contribution >= 4 is 6.29 Å². The molecule has 1 aromatic carbocycles. The average molecular weight is 264 g/mol. The lowest BCUT2D eigenvalue weighted by Gasteiger charge is -2.08. The number of aldehydes is 1. The van der Waals surface area contributed by atoms with Crippen molar-refractivity contribution < 1.29 is 13.6 Å². The summed E-state index contributed by atoms with van der Waals surface area (Å²) in [6.45, 7) is 5.53. The minimum Gasteiger partial charge on any atom is -0.298 e. The number of benzene rings is 1. The number of rotatable bonds is 3. The van der Waals surface area contributed by atoms with Gasteiger partial charge in [0, 0.05) is 11.3 Å². The predicted molar refractivity (Wildman–Crippen MR) is 67.7 cm³/mol. The standard InChI is InChI=1S/C14H14F2N2O/c1-4-11-8(2)17-18(9(11)3)14-12(15)5-10(7-19)6-13(14)16/h5-7H,4H2,1-3H3. The summed E-state index contributed by atoms with van der Waals surface area (Å²) < 4.78 is 29.2. The van der Waals surface area contributed by atoms with E-state index in [0.717, 1.165) is 29.8 Å². The lowest BCUT2D eigenvalue weighted by Crippen LogP contribution is -2.06.